The Morgan fingerprint density at radius 2 is 1.73 bits per heavy atom. The predicted octanol–water partition coefficient (Wildman–Crippen LogP) is 0.00240. The smallest absolute Gasteiger partial charge is 0.233 e. The second kappa shape index (κ2) is 3.43. The highest BCUT2D eigenvalue weighted by atomic mass is 32.2. The SMILES string of the molecule is O=C1C=CC2=C(C=CCC2=S(=O)=O)C1=O. The van der Waals surface area contributed by atoms with Crippen molar-refractivity contribution in [3.63, 3.8) is 0 Å². The maximum Gasteiger partial charge on any atom is 0.233 e. The van der Waals surface area contributed by atoms with Gasteiger partial charge in [-0.3, -0.25) is 9.59 Å². The standard InChI is InChI=1S/C10H6O4S/c11-8-5-4-6-7(10(8)12)2-1-3-9(6)15(13)14/h1-2,4-5H,3H2. The minimum Gasteiger partial charge on any atom is -0.286 e. The molecule has 2 rings (SSSR count). The lowest BCUT2D eigenvalue weighted by Gasteiger charge is -2.14. The third-order valence-corrected chi connectivity index (χ3v) is 3.04. The fourth-order valence-electron chi connectivity index (χ4n) is 1.54. The number of allylic oxidation sites excluding steroid dienone is 6. The minimum atomic E-state index is -2.35. The van der Waals surface area contributed by atoms with Gasteiger partial charge in [-0.2, -0.15) is 8.42 Å². The van der Waals surface area contributed by atoms with Gasteiger partial charge in [0.05, 0.1) is 4.86 Å². The van der Waals surface area contributed by atoms with Crippen molar-refractivity contribution in [1.29, 1.82) is 0 Å². The van der Waals surface area contributed by atoms with Gasteiger partial charge in [0.2, 0.25) is 21.9 Å². The van der Waals surface area contributed by atoms with Crippen molar-refractivity contribution in [2.24, 2.45) is 0 Å². The molecular weight excluding hydrogens is 216 g/mol. The van der Waals surface area contributed by atoms with Crippen LogP contribution >= 0.6 is 0 Å². The Hall–Kier alpha value is -1.75. The summed E-state index contributed by atoms with van der Waals surface area (Å²) in [6.45, 7) is 0. The van der Waals surface area contributed by atoms with Crippen LogP contribution < -0.4 is 0 Å². The molecule has 4 nitrogen and oxygen atoms in total. The molecule has 0 saturated carbocycles. The van der Waals surface area contributed by atoms with Crippen LogP contribution in [0.2, 0.25) is 0 Å². The van der Waals surface area contributed by atoms with E-state index < -0.39 is 21.9 Å². The molecule has 0 aromatic rings. The van der Waals surface area contributed by atoms with Crippen LogP contribution in [0, 0.1) is 0 Å². The second-order valence-corrected chi connectivity index (χ2v) is 4.08. The van der Waals surface area contributed by atoms with Crippen molar-refractivity contribution < 1.29 is 18.0 Å². The van der Waals surface area contributed by atoms with Gasteiger partial charge in [-0.15, -0.1) is 0 Å². The molecule has 0 aromatic carbocycles. The van der Waals surface area contributed by atoms with Crippen LogP contribution in [0.15, 0.2) is 35.5 Å². The molecule has 5 heteroatoms. The van der Waals surface area contributed by atoms with Gasteiger partial charge in [-0.25, -0.2) is 0 Å². The summed E-state index contributed by atoms with van der Waals surface area (Å²) in [5.41, 5.74) is 0.517. The lowest BCUT2D eigenvalue weighted by atomic mass is 9.89. The number of carbonyl (C=O) groups excluding carboxylic acids is 2. The van der Waals surface area contributed by atoms with Gasteiger partial charge in [0.25, 0.3) is 0 Å². The van der Waals surface area contributed by atoms with E-state index in [4.69, 9.17) is 0 Å². The lowest BCUT2D eigenvalue weighted by molar-refractivity contribution is -0.131. The normalized spacial score (nSPS) is 19.6. The topological polar surface area (TPSA) is 68.3 Å². The van der Waals surface area contributed by atoms with E-state index in [0.29, 0.717) is 5.57 Å². The van der Waals surface area contributed by atoms with Crippen LogP contribution in [0.5, 0.6) is 0 Å². The summed E-state index contributed by atoms with van der Waals surface area (Å²) >= 11 is 0. The summed E-state index contributed by atoms with van der Waals surface area (Å²) in [4.78, 5) is 22.6. The van der Waals surface area contributed by atoms with Crippen molar-refractivity contribution >= 4 is 26.7 Å². The highest BCUT2D eigenvalue weighted by Gasteiger charge is 2.26. The number of Topliss-reactive ketones (excluding diaryl/α,β-unsaturated/α-hetero) is 1. The molecule has 0 amide bonds. The third kappa shape index (κ3) is 1.50. The molecule has 2 aliphatic carbocycles. The van der Waals surface area contributed by atoms with E-state index in [1.54, 1.807) is 6.08 Å². The zero-order valence-corrected chi connectivity index (χ0v) is 8.37. The number of carbonyl (C=O) groups is 2. The van der Waals surface area contributed by atoms with E-state index in [2.05, 4.69) is 0 Å². The third-order valence-electron chi connectivity index (χ3n) is 2.25. The van der Waals surface area contributed by atoms with Crippen LogP contribution in [-0.2, 0) is 19.9 Å². The van der Waals surface area contributed by atoms with Crippen molar-refractivity contribution in [3.8, 4) is 0 Å². The zero-order chi connectivity index (χ0) is 11.0. The van der Waals surface area contributed by atoms with Gasteiger partial charge in [0.15, 0.2) is 0 Å². The van der Waals surface area contributed by atoms with Crippen molar-refractivity contribution in [2.45, 2.75) is 6.42 Å². The molecule has 0 heterocycles. The molecule has 0 unspecified atom stereocenters. The Bertz CT molecular complexity index is 577. The summed E-state index contributed by atoms with van der Waals surface area (Å²) in [6.07, 6.45) is 5.81. The molecule has 0 N–H and O–H groups in total. The lowest BCUT2D eigenvalue weighted by Crippen LogP contribution is -2.22. The Morgan fingerprint density at radius 3 is 2.40 bits per heavy atom. The molecule has 0 aliphatic heterocycles. The average Bonchev–Trinajstić information content (AvgIpc) is 2.23. The second-order valence-electron chi connectivity index (χ2n) is 3.12. The van der Waals surface area contributed by atoms with Gasteiger partial charge in [0.1, 0.15) is 0 Å². The number of rotatable bonds is 0. The highest BCUT2D eigenvalue weighted by molar-refractivity contribution is 7.73. The minimum absolute atomic E-state index is 0.157. The van der Waals surface area contributed by atoms with Crippen LogP contribution in [-0.4, -0.2) is 24.8 Å². The van der Waals surface area contributed by atoms with Gasteiger partial charge < -0.3 is 0 Å². The summed E-state index contributed by atoms with van der Waals surface area (Å²) in [6, 6.07) is 0. The zero-order valence-electron chi connectivity index (χ0n) is 7.56. The molecule has 76 valence electrons. The Labute approximate surface area is 87.1 Å². The highest BCUT2D eigenvalue weighted by Crippen LogP contribution is 2.22. The predicted molar refractivity (Wildman–Crippen MR) is 53.9 cm³/mol. The molecule has 0 radical (unpaired) electrons. The first kappa shape index (κ1) is 9.79. The number of hydrogen-bond acceptors (Lipinski definition) is 4. The summed E-state index contributed by atoms with van der Waals surface area (Å²) in [7, 11) is -2.35. The van der Waals surface area contributed by atoms with Gasteiger partial charge >= 0.3 is 0 Å². The maximum atomic E-state index is 11.4. The molecule has 0 aromatic heterocycles. The summed E-state index contributed by atoms with van der Waals surface area (Å²) in [5, 5.41) is 0. The van der Waals surface area contributed by atoms with Gasteiger partial charge in [-0.1, -0.05) is 12.2 Å². The largest absolute Gasteiger partial charge is 0.286 e. The van der Waals surface area contributed by atoms with E-state index in [0.717, 1.165) is 6.08 Å². The fraction of sp³-hybridized carbons (Fsp3) is 0.100. The first-order valence-electron chi connectivity index (χ1n) is 4.24. The summed E-state index contributed by atoms with van der Waals surface area (Å²) in [5.74, 6) is -1.26. The van der Waals surface area contributed by atoms with Crippen LogP contribution in [0.4, 0.5) is 0 Å². The van der Waals surface area contributed by atoms with Gasteiger partial charge in [0, 0.05) is 17.6 Å². The van der Waals surface area contributed by atoms with E-state index in [1.807, 2.05) is 0 Å². The maximum absolute atomic E-state index is 11.4. The van der Waals surface area contributed by atoms with Crippen LogP contribution in [0.1, 0.15) is 6.42 Å². The number of ketones is 2. The van der Waals surface area contributed by atoms with E-state index in [-0.39, 0.29) is 16.9 Å². The first-order valence-corrected chi connectivity index (χ1v) is 5.32. The Balaban J connectivity index is 2.71. The molecule has 0 spiro atoms. The molecule has 0 atom stereocenters. The molecule has 2 aliphatic rings. The molecular formula is C10H6O4S. The summed E-state index contributed by atoms with van der Waals surface area (Å²) < 4.78 is 21.7. The monoisotopic (exact) mass is 222 g/mol. The van der Waals surface area contributed by atoms with E-state index in [1.165, 1.54) is 12.2 Å². The van der Waals surface area contributed by atoms with Crippen LogP contribution in [0.3, 0.4) is 0 Å². The Morgan fingerprint density at radius 1 is 1.00 bits per heavy atom. The molecule has 0 saturated heterocycles. The number of hydrogen-bond donors (Lipinski definition) is 0. The van der Waals surface area contributed by atoms with E-state index >= 15 is 0 Å². The first-order chi connectivity index (χ1) is 7.11. The molecule has 15 heavy (non-hydrogen) atoms. The average molecular weight is 222 g/mol. The Kier molecular flexibility index (Phi) is 2.24. The van der Waals surface area contributed by atoms with Crippen molar-refractivity contribution in [1.82, 2.24) is 0 Å². The molecule has 0 fully saturated rings. The quantitative estimate of drug-likeness (QED) is 0.329. The fourth-order valence-corrected chi connectivity index (χ4v) is 2.13. The van der Waals surface area contributed by atoms with Gasteiger partial charge in [-0.05, 0) is 12.2 Å². The van der Waals surface area contributed by atoms with Crippen LogP contribution in [0.25, 0.3) is 0 Å². The van der Waals surface area contributed by atoms with Crippen molar-refractivity contribution in [2.75, 3.05) is 0 Å². The molecule has 0 bridgehead atoms. The van der Waals surface area contributed by atoms with Crippen molar-refractivity contribution in [3.05, 3.63) is 35.5 Å². The van der Waals surface area contributed by atoms with E-state index in [9.17, 15) is 18.0 Å².